The van der Waals surface area contributed by atoms with Gasteiger partial charge in [-0.25, -0.2) is 5.10 Å². The molecule has 2 heterocycles. The molecule has 0 amide bonds. The van der Waals surface area contributed by atoms with Crippen LogP contribution in [0.2, 0.25) is 0 Å². The maximum absolute atomic E-state index is 5.18. The van der Waals surface area contributed by atoms with E-state index in [-0.39, 0.29) is 20.1 Å². The summed E-state index contributed by atoms with van der Waals surface area (Å²) in [4.78, 5) is 7.89. The van der Waals surface area contributed by atoms with Gasteiger partial charge in [-0.3, -0.25) is 9.67 Å². The summed E-state index contributed by atoms with van der Waals surface area (Å²) in [7, 11) is 0. The molecule has 0 unspecified atom stereocenters. The Bertz CT molecular complexity index is 370. The SMILES string of the molecule is CCCc1coc(-n2[c-]ncn2)n1.[Ir]. The molecule has 0 N–H and O–H groups in total. The fourth-order valence-corrected chi connectivity index (χ4v) is 1.04. The van der Waals surface area contributed by atoms with E-state index in [1.165, 1.54) is 11.0 Å². The molecule has 77 valence electrons. The van der Waals surface area contributed by atoms with Crippen molar-refractivity contribution in [1.29, 1.82) is 0 Å². The predicted molar refractivity (Wildman–Crippen MR) is 44.3 cm³/mol. The van der Waals surface area contributed by atoms with E-state index < -0.39 is 0 Å². The van der Waals surface area contributed by atoms with E-state index in [1.807, 2.05) is 0 Å². The van der Waals surface area contributed by atoms with Crippen LogP contribution in [0.1, 0.15) is 19.0 Å². The zero-order chi connectivity index (χ0) is 9.10. The second-order valence-electron chi connectivity index (χ2n) is 2.64. The van der Waals surface area contributed by atoms with Crippen LogP contribution in [-0.4, -0.2) is 19.7 Å². The van der Waals surface area contributed by atoms with Crippen LogP contribution in [-0.2, 0) is 26.5 Å². The van der Waals surface area contributed by atoms with Crippen molar-refractivity contribution in [3.05, 3.63) is 24.6 Å². The number of oxazole rings is 1. The predicted octanol–water partition coefficient (Wildman–Crippen LogP) is 1.01. The molecule has 2 rings (SSSR count). The molecule has 0 aromatic carbocycles. The number of hydrogen-bond donors (Lipinski definition) is 0. The Morgan fingerprint density at radius 3 is 3.07 bits per heavy atom. The molecule has 14 heavy (non-hydrogen) atoms. The maximum Gasteiger partial charge on any atom is 0.218 e. The van der Waals surface area contributed by atoms with Crippen molar-refractivity contribution >= 4 is 0 Å². The molecule has 1 radical (unpaired) electrons. The molecule has 2 aromatic rings. The van der Waals surface area contributed by atoms with Crippen LogP contribution in [0.3, 0.4) is 0 Å². The van der Waals surface area contributed by atoms with E-state index in [4.69, 9.17) is 4.42 Å². The number of hydrogen-bond acceptors (Lipinski definition) is 4. The molecule has 6 heteroatoms. The van der Waals surface area contributed by atoms with Crippen molar-refractivity contribution in [3.63, 3.8) is 0 Å². The molecule has 0 saturated carbocycles. The summed E-state index contributed by atoms with van der Waals surface area (Å²) < 4.78 is 6.55. The second kappa shape index (κ2) is 5.02. The second-order valence-corrected chi connectivity index (χ2v) is 2.64. The number of rotatable bonds is 3. The summed E-state index contributed by atoms with van der Waals surface area (Å²) in [6.45, 7) is 2.09. The van der Waals surface area contributed by atoms with Crippen LogP contribution in [0.5, 0.6) is 0 Å². The van der Waals surface area contributed by atoms with Gasteiger partial charge in [-0.05, 0) is 6.42 Å². The molecule has 0 aliphatic heterocycles. The van der Waals surface area contributed by atoms with Gasteiger partial charge >= 0.3 is 0 Å². The zero-order valence-corrected chi connectivity index (χ0v) is 9.99. The van der Waals surface area contributed by atoms with Gasteiger partial charge in [0, 0.05) is 32.8 Å². The van der Waals surface area contributed by atoms with Gasteiger partial charge in [0.25, 0.3) is 0 Å². The molecular formula is C8H9IrN4O-. The van der Waals surface area contributed by atoms with E-state index in [2.05, 4.69) is 28.3 Å². The third kappa shape index (κ3) is 2.27. The molecule has 5 nitrogen and oxygen atoms in total. The normalized spacial score (nSPS) is 9.79. The summed E-state index contributed by atoms with van der Waals surface area (Å²) in [6.07, 6.45) is 7.60. The zero-order valence-electron chi connectivity index (χ0n) is 7.60. The molecule has 0 aliphatic carbocycles. The van der Waals surface area contributed by atoms with Crippen molar-refractivity contribution in [2.45, 2.75) is 19.8 Å². The van der Waals surface area contributed by atoms with E-state index in [1.54, 1.807) is 6.26 Å². The van der Waals surface area contributed by atoms with Gasteiger partial charge in [-0.1, -0.05) is 13.3 Å². The van der Waals surface area contributed by atoms with Crippen LogP contribution in [0, 0.1) is 6.33 Å². The van der Waals surface area contributed by atoms with Gasteiger partial charge in [-0.2, -0.15) is 0 Å². The molecule has 2 aromatic heterocycles. The van der Waals surface area contributed by atoms with Crippen molar-refractivity contribution in [2.24, 2.45) is 0 Å². The van der Waals surface area contributed by atoms with Gasteiger partial charge < -0.3 is 9.40 Å². The Morgan fingerprint density at radius 1 is 1.57 bits per heavy atom. The van der Waals surface area contributed by atoms with Crippen molar-refractivity contribution in [2.75, 3.05) is 0 Å². The largest absolute Gasteiger partial charge is 0.487 e. The minimum Gasteiger partial charge on any atom is -0.487 e. The Morgan fingerprint density at radius 2 is 2.43 bits per heavy atom. The van der Waals surface area contributed by atoms with E-state index in [9.17, 15) is 0 Å². The topological polar surface area (TPSA) is 56.7 Å². The van der Waals surface area contributed by atoms with Crippen LogP contribution in [0.25, 0.3) is 6.01 Å². The van der Waals surface area contributed by atoms with Crippen LogP contribution in [0.4, 0.5) is 0 Å². The molecule has 0 saturated heterocycles. The molecule has 0 bridgehead atoms. The first kappa shape index (κ1) is 11.1. The van der Waals surface area contributed by atoms with Gasteiger partial charge in [-0.15, -0.1) is 0 Å². The molecule has 0 spiro atoms. The molecule has 0 aliphatic rings. The fraction of sp³-hybridized carbons (Fsp3) is 0.375. The Hall–Kier alpha value is -1.00. The molecule has 0 atom stereocenters. The Balaban J connectivity index is 0.000000980. The summed E-state index contributed by atoms with van der Waals surface area (Å²) in [5.74, 6) is 0. The fourth-order valence-electron chi connectivity index (χ4n) is 1.04. The van der Waals surface area contributed by atoms with E-state index in [0.29, 0.717) is 6.01 Å². The van der Waals surface area contributed by atoms with Crippen LogP contribution in [0.15, 0.2) is 17.0 Å². The monoisotopic (exact) mass is 370 g/mol. The first-order valence-electron chi connectivity index (χ1n) is 4.12. The number of aryl methyl sites for hydroxylation is 1. The minimum absolute atomic E-state index is 0. The summed E-state index contributed by atoms with van der Waals surface area (Å²) in [5, 5.41) is 3.85. The minimum atomic E-state index is 0. The third-order valence-corrected chi connectivity index (χ3v) is 1.60. The third-order valence-electron chi connectivity index (χ3n) is 1.60. The van der Waals surface area contributed by atoms with Crippen molar-refractivity contribution in [3.8, 4) is 6.01 Å². The smallest absolute Gasteiger partial charge is 0.218 e. The Kier molecular flexibility index (Phi) is 3.97. The summed E-state index contributed by atoms with van der Waals surface area (Å²) in [5.41, 5.74) is 0.932. The van der Waals surface area contributed by atoms with Crippen LogP contribution < -0.4 is 0 Å². The van der Waals surface area contributed by atoms with E-state index >= 15 is 0 Å². The standard InChI is InChI=1S/C8H9N4O.Ir/c1-2-3-7-4-13-8(11-7)12-6-9-5-10-12;/h4-5H,2-3H2,1H3;/q-1;. The number of aromatic nitrogens is 4. The summed E-state index contributed by atoms with van der Waals surface area (Å²) in [6, 6.07) is 0.418. The average Bonchev–Trinajstić information content (AvgIpc) is 2.70. The molecule has 0 fully saturated rings. The first-order chi connectivity index (χ1) is 6.40. The van der Waals surface area contributed by atoms with Gasteiger partial charge in [0.2, 0.25) is 6.01 Å². The van der Waals surface area contributed by atoms with Gasteiger partial charge in [0.15, 0.2) is 0 Å². The van der Waals surface area contributed by atoms with Gasteiger partial charge in [0.05, 0.1) is 12.0 Å². The van der Waals surface area contributed by atoms with Crippen molar-refractivity contribution < 1.29 is 24.5 Å². The van der Waals surface area contributed by atoms with Gasteiger partial charge in [0.1, 0.15) is 0 Å². The van der Waals surface area contributed by atoms with E-state index in [0.717, 1.165) is 18.5 Å². The quantitative estimate of drug-likeness (QED) is 0.758. The van der Waals surface area contributed by atoms with Crippen LogP contribution >= 0.6 is 0 Å². The average molecular weight is 369 g/mol. The Labute approximate surface area is 94.9 Å². The first-order valence-corrected chi connectivity index (χ1v) is 4.12. The number of nitrogens with zero attached hydrogens (tertiary/aromatic N) is 4. The van der Waals surface area contributed by atoms with Crippen molar-refractivity contribution in [1.82, 2.24) is 19.7 Å². The summed E-state index contributed by atoms with van der Waals surface area (Å²) >= 11 is 0. The maximum atomic E-state index is 5.18. The molecular weight excluding hydrogens is 360 g/mol.